The Hall–Kier alpha value is -4.39. The number of ether oxygens (including phenoxy) is 1. The molecule has 0 N–H and O–H groups in total. The van der Waals surface area contributed by atoms with Crippen LogP contribution in [0.4, 0.5) is 16.2 Å². The van der Waals surface area contributed by atoms with E-state index in [9.17, 15) is 14.4 Å². The summed E-state index contributed by atoms with van der Waals surface area (Å²) >= 11 is 12.5. The minimum atomic E-state index is -0.768. The molecule has 6 nitrogen and oxygen atoms in total. The van der Waals surface area contributed by atoms with E-state index < -0.39 is 17.8 Å². The van der Waals surface area contributed by atoms with E-state index in [0.29, 0.717) is 32.7 Å². The number of imide groups is 2. The first-order chi connectivity index (χ1) is 18.4. The number of amides is 4. The molecule has 1 heterocycles. The summed E-state index contributed by atoms with van der Waals surface area (Å²) in [7, 11) is 0. The third kappa shape index (κ3) is 5.05. The molecule has 0 spiro atoms. The lowest BCUT2D eigenvalue weighted by Crippen LogP contribution is -2.57. The number of anilines is 2. The van der Waals surface area contributed by atoms with Gasteiger partial charge in [-0.1, -0.05) is 77.8 Å². The Morgan fingerprint density at radius 1 is 0.684 bits per heavy atom. The van der Waals surface area contributed by atoms with Gasteiger partial charge in [-0.05, 0) is 54.6 Å². The second-order valence-electron chi connectivity index (χ2n) is 8.36. The summed E-state index contributed by atoms with van der Waals surface area (Å²) in [4.78, 5) is 42.7. The Morgan fingerprint density at radius 2 is 1.24 bits per heavy atom. The van der Waals surface area contributed by atoms with Crippen LogP contribution in [-0.4, -0.2) is 17.8 Å². The second kappa shape index (κ2) is 10.9. The number of nitrogens with zero attached hydrogens (tertiary/aromatic N) is 2. The van der Waals surface area contributed by atoms with Crippen molar-refractivity contribution in [2.24, 2.45) is 0 Å². The lowest BCUT2D eigenvalue weighted by Gasteiger charge is -2.34. The Kier molecular flexibility index (Phi) is 7.26. The lowest BCUT2D eigenvalue weighted by atomic mass is 10.0. The summed E-state index contributed by atoms with van der Waals surface area (Å²) in [5.41, 5.74) is 1.62. The van der Waals surface area contributed by atoms with Gasteiger partial charge in [-0.3, -0.25) is 9.59 Å². The van der Waals surface area contributed by atoms with Gasteiger partial charge in [-0.2, -0.15) is 0 Å². The van der Waals surface area contributed by atoms with Gasteiger partial charge in [-0.15, -0.1) is 0 Å². The average Bonchev–Trinajstić information content (AvgIpc) is 2.93. The fraction of sp³-hybridized carbons (Fsp3) is 0.0333. The fourth-order valence-corrected chi connectivity index (χ4v) is 4.40. The molecule has 38 heavy (non-hydrogen) atoms. The molecule has 0 unspecified atom stereocenters. The Morgan fingerprint density at radius 3 is 1.82 bits per heavy atom. The number of para-hydroxylation sites is 2. The molecule has 4 aromatic carbocycles. The molecule has 0 bridgehead atoms. The predicted molar refractivity (Wildman–Crippen MR) is 148 cm³/mol. The first-order valence-electron chi connectivity index (χ1n) is 11.6. The predicted octanol–water partition coefficient (Wildman–Crippen LogP) is 7.16. The third-order valence-electron chi connectivity index (χ3n) is 5.89. The molecule has 1 aliphatic heterocycles. The highest BCUT2D eigenvalue weighted by atomic mass is 35.5. The SMILES string of the molecule is O=C1C(=Cc2cc(Cl)ccc2OCc2ccccc2Cl)C(=O)N(c2ccccc2)C(=O)N1c1ccccc1. The van der Waals surface area contributed by atoms with E-state index in [1.54, 1.807) is 84.9 Å². The highest BCUT2D eigenvalue weighted by molar-refractivity contribution is 6.46. The van der Waals surface area contributed by atoms with Crippen molar-refractivity contribution in [1.82, 2.24) is 0 Å². The molecule has 1 aliphatic rings. The van der Waals surface area contributed by atoms with Crippen LogP contribution < -0.4 is 14.5 Å². The maximum Gasteiger partial charge on any atom is 0.343 e. The molecular weight excluding hydrogens is 523 g/mol. The number of hydrogen-bond donors (Lipinski definition) is 0. The topological polar surface area (TPSA) is 66.9 Å². The molecule has 0 atom stereocenters. The monoisotopic (exact) mass is 542 g/mol. The Bertz CT molecular complexity index is 1490. The average molecular weight is 543 g/mol. The summed E-state index contributed by atoms with van der Waals surface area (Å²) in [6.07, 6.45) is 1.40. The zero-order valence-electron chi connectivity index (χ0n) is 19.9. The third-order valence-corrected chi connectivity index (χ3v) is 6.49. The van der Waals surface area contributed by atoms with E-state index in [0.717, 1.165) is 15.4 Å². The highest BCUT2D eigenvalue weighted by Crippen LogP contribution is 2.32. The Balaban J connectivity index is 1.59. The molecule has 0 saturated carbocycles. The number of rotatable bonds is 6. The van der Waals surface area contributed by atoms with Crippen LogP contribution >= 0.6 is 23.2 Å². The smallest absolute Gasteiger partial charge is 0.343 e. The number of barbiturate groups is 1. The molecule has 4 amide bonds. The van der Waals surface area contributed by atoms with Crippen molar-refractivity contribution < 1.29 is 19.1 Å². The Labute approximate surface area is 229 Å². The van der Waals surface area contributed by atoms with Gasteiger partial charge in [0.05, 0.1) is 11.4 Å². The first kappa shape index (κ1) is 25.3. The minimum Gasteiger partial charge on any atom is -0.488 e. The minimum absolute atomic E-state index is 0.157. The molecule has 1 saturated heterocycles. The first-order valence-corrected chi connectivity index (χ1v) is 12.4. The standard InChI is InChI=1S/C30H20Cl2N2O4/c31-22-15-16-27(38-19-20-9-7-8-14-26(20)32)21(17-22)18-25-28(35)33(23-10-3-1-4-11-23)30(37)34(29(25)36)24-12-5-2-6-13-24/h1-18H,19H2. The quantitative estimate of drug-likeness (QED) is 0.191. The van der Waals surface area contributed by atoms with Crippen LogP contribution in [0.5, 0.6) is 5.75 Å². The summed E-state index contributed by atoms with van der Waals surface area (Å²) in [6.45, 7) is 0.157. The van der Waals surface area contributed by atoms with E-state index in [4.69, 9.17) is 27.9 Å². The fourth-order valence-electron chi connectivity index (χ4n) is 4.03. The molecular formula is C30H20Cl2N2O4. The molecule has 0 aromatic heterocycles. The van der Waals surface area contributed by atoms with Crippen LogP contribution in [0.2, 0.25) is 10.0 Å². The second-order valence-corrected chi connectivity index (χ2v) is 9.20. The van der Waals surface area contributed by atoms with E-state index in [-0.39, 0.29) is 12.2 Å². The van der Waals surface area contributed by atoms with Crippen molar-refractivity contribution >= 4 is 58.5 Å². The molecule has 8 heteroatoms. The lowest BCUT2D eigenvalue weighted by molar-refractivity contribution is -0.121. The molecule has 1 fully saturated rings. The van der Waals surface area contributed by atoms with E-state index in [1.165, 1.54) is 6.08 Å². The van der Waals surface area contributed by atoms with Gasteiger partial charge in [0, 0.05) is 21.2 Å². The van der Waals surface area contributed by atoms with Gasteiger partial charge >= 0.3 is 6.03 Å². The van der Waals surface area contributed by atoms with Crippen molar-refractivity contribution in [2.45, 2.75) is 6.61 Å². The molecule has 5 rings (SSSR count). The van der Waals surface area contributed by atoms with Gasteiger partial charge in [0.15, 0.2) is 0 Å². The number of carbonyl (C=O) groups excluding carboxylic acids is 3. The number of hydrogen-bond acceptors (Lipinski definition) is 4. The normalized spacial score (nSPS) is 13.6. The number of benzene rings is 4. The summed E-state index contributed by atoms with van der Waals surface area (Å²) < 4.78 is 6.01. The zero-order chi connectivity index (χ0) is 26.6. The zero-order valence-corrected chi connectivity index (χ0v) is 21.4. The summed E-state index contributed by atoms with van der Waals surface area (Å²) in [5, 5.41) is 0.933. The summed E-state index contributed by atoms with van der Waals surface area (Å²) in [6, 6.07) is 28.3. The summed E-state index contributed by atoms with van der Waals surface area (Å²) in [5.74, 6) is -1.12. The van der Waals surface area contributed by atoms with Gasteiger partial charge in [-0.25, -0.2) is 14.6 Å². The van der Waals surface area contributed by atoms with Crippen molar-refractivity contribution in [3.8, 4) is 5.75 Å². The van der Waals surface area contributed by atoms with Crippen LogP contribution in [0.3, 0.4) is 0 Å². The van der Waals surface area contributed by atoms with Crippen molar-refractivity contribution in [1.29, 1.82) is 0 Å². The van der Waals surface area contributed by atoms with Gasteiger partial charge in [0.25, 0.3) is 11.8 Å². The molecule has 4 aromatic rings. The maximum atomic E-state index is 13.6. The van der Waals surface area contributed by atoms with Crippen molar-refractivity contribution in [3.63, 3.8) is 0 Å². The van der Waals surface area contributed by atoms with E-state index in [1.807, 2.05) is 18.2 Å². The van der Waals surface area contributed by atoms with Crippen LogP contribution in [0, 0.1) is 0 Å². The van der Waals surface area contributed by atoms with Gasteiger partial charge in [0.2, 0.25) is 0 Å². The van der Waals surface area contributed by atoms with Crippen LogP contribution in [0.1, 0.15) is 11.1 Å². The highest BCUT2D eigenvalue weighted by Gasteiger charge is 2.43. The van der Waals surface area contributed by atoms with E-state index >= 15 is 0 Å². The van der Waals surface area contributed by atoms with Gasteiger partial charge < -0.3 is 4.74 Å². The van der Waals surface area contributed by atoms with Crippen molar-refractivity contribution in [2.75, 3.05) is 9.80 Å². The van der Waals surface area contributed by atoms with Crippen LogP contribution in [0.15, 0.2) is 109 Å². The molecule has 188 valence electrons. The number of urea groups is 1. The van der Waals surface area contributed by atoms with Gasteiger partial charge in [0.1, 0.15) is 17.9 Å². The largest absolute Gasteiger partial charge is 0.488 e. The molecule has 0 radical (unpaired) electrons. The van der Waals surface area contributed by atoms with Crippen LogP contribution in [-0.2, 0) is 16.2 Å². The maximum absolute atomic E-state index is 13.6. The number of halogens is 2. The number of carbonyl (C=O) groups is 3. The van der Waals surface area contributed by atoms with Crippen LogP contribution in [0.25, 0.3) is 6.08 Å². The molecule has 0 aliphatic carbocycles. The van der Waals surface area contributed by atoms with E-state index in [2.05, 4.69) is 0 Å². The van der Waals surface area contributed by atoms with Crippen molar-refractivity contribution in [3.05, 3.63) is 130 Å².